The van der Waals surface area contributed by atoms with Gasteiger partial charge in [-0.3, -0.25) is 9.59 Å². The second-order valence-corrected chi connectivity index (χ2v) is 6.83. The van der Waals surface area contributed by atoms with Crippen LogP contribution in [-0.4, -0.2) is 35.2 Å². The van der Waals surface area contributed by atoms with Crippen molar-refractivity contribution in [1.82, 2.24) is 0 Å². The lowest BCUT2D eigenvalue weighted by Crippen LogP contribution is -2.41. The van der Waals surface area contributed by atoms with Crippen LogP contribution in [0.15, 0.2) is 60.7 Å². The minimum absolute atomic E-state index is 0.172. The third-order valence-corrected chi connectivity index (χ3v) is 4.90. The first-order chi connectivity index (χ1) is 13.0. The fourth-order valence-electron chi connectivity index (χ4n) is 2.58. The van der Waals surface area contributed by atoms with Crippen molar-refractivity contribution in [1.29, 1.82) is 0 Å². The van der Waals surface area contributed by atoms with E-state index in [1.807, 2.05) is 12.1 Å². The predicted octanol–water partition coefficient (Wildman–Crippen LogP) is 2.14. The molecule has 4 atom stereocenters. The van der Waals surface area contributed by atoms with Crippen LogP contribution in [0, 0.1) is 0 Å². The van der Waals surface area contributed by atoms with Crippen molar-refractivity contribution < 1.29 is 14.3 Å². The maximum atomic E-state index is 12.8. The first kappa shape index (κ1) is 21.7. The molecule has 0 spiro atoms. The van der Waals surface area contributed by atoms with Gasteiger partial charge in [-0.2, -0.15) is 25.3 Å². The summed E-state index contributed by atoms with van der Waals surface area (Å²) in [6.45, 7) is 0. The van der Waals surface area contributed by atoms with Gasteiger partial charge in [0.25, 0.3) is 0 Å². The summed E-state index contributed by atoms with van der Waals surface area (Å²) in [5, 5.41) is 0. The van der Waals surface area contributed by atoms with Crippen LogP contribution in [0.25, 0.3) is 0 Å². The van der Waals surface area contributed by atoms with Crippen LogP contribution >= 0.6 is 25.3 Å². The van der Waals surface area contributed by atoms with Gasteiger partial charge in [-0.25, -0.2) is 0 Å². The van der Waals surface area contributed by atoms with E-state index in [4.69, 9.17) is 16.2 Å². The van der Waals surface area contributed by atoms with Gasteiger partial charge in [0, 0.05) is 11.5 Å². The summed E-state index contributed by atoms with van der Waals surface area (Å²) in [5.41, 5.74) is 13.0. The van der Waals surface area contributed by atoms with E-state index in [-0.39, 0.29) is 23.1 Å². The van der Waals surface area contributed by atoms with Crippen LogP contribution < -0.4 is 11.5 Å². The van der Waals surface area contributed by atoms with Crippen molar-refractivity contribution in [3.63, 3.8) is 0 Å². The highest BCUT2D eigenvalue weighted by atomic mass is 32.1. The van der Waals surface area contributed by atoms with Crippen LogP contribution in [0.4, 0.5) is 0 Å². The Kier molecular flexibility index (Phi) is 8.53. The van der Waals surface area contributed by atoms with E-state index < -0.39 is 24.3 Å². The minimum atomic E-state index is -1.00. The molecule has 0 radical (unpaired) electrons. The van der Waals surface area contributed by atoms with Crippen molar-refractivity contribution in [2.45, 2.75) is 24.3 Å². The molecule has 2 aromatic rings. The molecule has 0 aromatic heterocycles. The van der Waals surface area contributed by atoms with Crippen LogP contribution in [0.5, 0.6) is 0 Å². The zero-order valence-corrected chi connectivity index (χ0v) is 16.6. The minimum Gasteiger partial charge on any atom is -0.350 e. The molecular weight excluding hydrogens is 380 g/mol. The lowest BCUT2D eigenvalue weighted by atomic mass is 9.98. The Balaban J connectivity index is 2.43. The van der Waals surface area contributed by atoms with Crippen LogP contribution in [0.1, 0.15) is 23.3 Å². The molecule has 0 fully saturated rings. The highest BCUT2D eigenvalue weighted by molar-refractivity contribution is 7.80. The lowest BCUT2D eigenvalue weighted by molar-refractivity contribution is -0.145. The quantitative estimate of drug-likeness (QED) is 0.455. The SMILES string of the molecule is N[C@@H](CS)C(=O)C(OC(C(=O)[C@@H](N)CS)c1ccccc1)c1ccccc1. The monoisotopic (exact) mass is 404 g/mol. The molecular formula is C20H24N2O3S2. The predicted molar refractivity (Wildman–Crippen MR) is 113 cm³/mol. The third-order valence-electron chi connectivity index (χ3n) is 4.12. The molecule has 0 aliphatic heterocycles. The first-order valence-corrected chi connectivity index (χ1v) is 9.81. The number of ether oxygens (including phenoxy) is 1. The molecule has 2 aromatic carbocycles. The van der Waals surface area contributed by atoms with E-state index >= 15 is 0 Å². The summed E-state index contributed by atoms with van der Waals surface area (Å²) < 4.78 is 6.07. The number of hydrogen-bond acceptors (Lipinski definition) is 7. The van der Waals surface area contributed by atoms with E-state index in [0.29, 0.717) is 11.1 Å². The second-order valence-electron chi connectivity index (χ2n) is 6.10. The molecule has 144 valence electrons. The Hall–Kier alpha value is -1.64. The molecule has 27 heavy (non-hydrogen) atoms. The van der Waals surface area contributed by atoms with Gasteiger partial charge in [0.1, 0.15) is 12.2 Å². The van der Waals surface area contributed by atoms with Gasteiger partial charge in [0.15, 0.2) is 11.6 Å². The normalized spacial score (nSPS) is 15.6. The van der Waals surface area contributed by atoms with Crippen molar-refractivity contribution in [3.05, 3.63) is 71.8 Å². The number of hydrogen-bond donors (Lipinski definition) is 4. The molecule has 0 amide bonds. The zero-order chi connectivity index (χ0) is 19.8. The van der Waals surface area contributed by atoms with E-state index in [9.17, 15) is 9.59 Å². The third kappa shape index (κ3) is 5.67. The molecule has 4 N–H and O–H groups in total. The second kappa shape index (κ2) is 10.6. The van der Waals surface area contributed by atoms with Gasteiger partial charge in [0.2, 0.25) is 0 Å². The number of Topliss-reactive ketones (excluding diaryl/α,β-unsaturated/α-hetero) is 2. The highest BCUT2D eigenvalue weighted by Gasteiger charge is 2.34. The summed E-state index contributed by atoms with van der Waals surface area (Å²) in [6.07, 6.45) is -2.01. The first-order valence-electron chi connectivity index (χ1n) is 8.55. The van der Waals surface area contributed by atoms with Crippen LogP contribution in [-0.2, 0) is 14.3 Å². The number of nitrogens with two attached hydrogens (primary N) is 2. The van der Waals surface area contributed by atoms with Gasteiger partial charge in [-0.1, -0.05) is 60.7 Å². The molecule has 0 heterocycles. The summed E-state index contributed by atoms with van der Waals surface area (Å²) in [7, 11) is 0. The topological polar surface area (TPSA) is 95.4 Å². The number of thiol groups is 2. The summed E-state index contributed by atoms with van der Waals surface area (Å²) in [5.74, 6) is -0.342. The standard InChI is InChI=1S/C20H24N2O3S2/c21-15(11-26)17(23)19(13-7-3-1-4-8-13)25-20(18(24)16(22)12-27)14-9-5-2-6-10-14/h1-10,15-16,19-20,26-27H,11-12,21-22H2/t15-,16-,19?,20?/m0/s1. The Morgan fingerprint density at radius 2 is 1.07 bits per heavy atom. The molecule has 5 nitrogen and oxygen atoms in total. The number of ketones is 2. The van der Waals surface area contributed by atoms with E-state index in [2.05, 4.69) is 25.3 Å². The maximum Gasteiger partial charge on any atom is 0.183 e. The number of rotatable bonds is 10. The van der Waals surface area contributed by atoms with Crippen molar-refractivity contribution in [2.75, 3.05) is 11.5 Å². The maximum absolute atomic E-state index is 12.8. The van der Waals surface area contributed by atoms with Gasteiger partial charge < -0.3 is 16.2 Å². The molecule has 0 bridgehead atoms. The number of carbonyl (C=O) groups excluding carboxylic acids is 2. The van der Waals surface area contributed by atoms with E-state index in [0.717, 1.165) is 0 Å². The Morgan fingerprint density at radius 3 is 1.37 bits per heavy atom. The molecule has 7 heteroatoms. The average molecular weight is 405 g/mol. The van der Waals surface area contributed by atoms with E-state index in [1.165, 1.54) is 0 Å². The fourth-order valence-corrected chi connectivity index (χ4v) is 2.94. The lowest BCUT2D eigenvalue weighted by Gasteiger charge is -2.27. The smallest absolute Gasteiger partial charge is 0.183 e. The summed E-state index contributed by atoms with van der Waals surface area (Å²) >= 11 is 8.22. The van der Waals surface area contributed by atoms with Gasteiger partial charge in [-0.15, -0.1) is 0 Å². The van der Waals surface area contributed by atoms with E-state index in [1.54, 1.807) is 48.5 Å². The van der Waals surface area contributed by atoms with Crippen LogP contribution in [0.2, 0.25) is 0 Å². The Morgan fingerprint density at radius 1 is 0.741 bits per heavy atom. The molecule has 0 aliphatic rings. The molecule has 2 rings (SSSR count). The van der Waals surface area contributed by atoms with Crippen LogP contribution in [0.3, 0.4) is 0 Å². The number of benzene rings is 2. The summed E-state index contributed by atoms with van der Waals surface area (Å²) in [6, 6.07) is 16.3. The van der Waals surface area contributed by atoms with Gasteiger partial charge in [-0.05, 0) is 11.1 Å². The van der Waals surface area contributed by atoms with Crippen molar-refractivity contribution in [2.24, 2.45) is 11.5 Å². The van der Waals surface area contributed by atoms with Gasteiger partial charge >= 0.3 is 0 Å². The average Bonchev–Trinajstić information content (AvgIpc) is 2.73. The Labute approximate surface area is 170 Å². The van der Waals surface area contributed by atoms with Crippen molar-refractivity contribution >= 4 is 36.8 Å². The van der Waals surface area contributed by atoms with Crippen molar-refractivity contribution in [3.8, 4) is 0 Å². The van der Waals surface area contributed by atoms with Gasteiger partial charge in [0.05, 0.1) is 12.1 Å². The number of carbonyl (C=O) groups is 2. The molecule has 0 aliphatic carbocycles. The molecule has 2 unspecified atom stereocenters. The fraction of sp³-hybridized carbons (Fsp3) is 0.300. The molecule has 0 saturated carbocycles. The molecule has 0 saturated heterocycles. The Bertz CT molecular complexity index is 680. The summed E-state index contributed by atoms with van der Waals surface area (Å²) in [4.78, 5) is 25.7. The zero-order valence-electron chi connectivity index (χ0n) is 14.8. The largest absolute Gasteiger partial charge is 0.350 e. The highest BCUT2D eigenvalue weighted by Crippen LogP contribution is 2.30.